The van der Waals surface area contributed by atoms with Crippen LogP contribution in [-0.4, -0.2) is 27.7 Å². The average molecular weight is 246 g/mol. The highest BCUT2D eigenvalue weighted by Gasteiger charge is 2.19. The van der Waals surface area contributed by atoms with Crippen molar-refractivity contribution >= 4 is 17.4 Å². The second kappa shape index (κ2) is 5.95. The predicted molar refractivity (Wildman–Crippen MR) is 66.5 cm³/mol. The van der Waals surface area contributed by atoms with Gasteiger partial charge >= 0.3 is 0 Å². The van der Waals surface area contributed by atoms with E-state index in [-0.39, 0.29) is 6.47 Å². The molecule has 94 valence electrons. The van der Waals surface area contributed by atoms with E-state index >= 15 is 0 Å². The minimum Gasteiger partial charge on any atom is -0.488 e. The van der Waals surface area contributed by atoms with Gasteiger partial charge in [0, 0.05) is 11.6 Å². The van der Waals surface area contributed by atoms with Gasteiger partial charge in [-0.25, -0.2) is 9.97 Å². The fraction of sp³-hybridized carbons (Fsp3) is 0.308. The highest BCUT2D eigenvalue weighted by atomic mass is 16.5. The summed E-state index contributed by atoms with van der Waals surface area (Å²) in [6.07, 6.45) is 7.39. The zero-order valence-electron chi connectivity index (χ0n) is 9.82. The number of hydrogen-bond acceptors (Lipinski definition) is 4. The van der Waals surface area contributed by atoms with Gasteiger partial charge < -0.3 is 9.84 Å². The lowest BCUT2D eigenvalue weighted by molar-refractivity contribution is -0.122. The monoisotopic (exact) mass is 246 g/mol. The molecule has 1 heterocycles. The van der Waals surface area contributed by atoms with Crippen LogP contribution in [0.25, 0.3) is 10.9 Å². The van der Waals surface area contributed by atoms with Crippen molar-refractivity contribution in [2.45, 2.75) is 25.4 Å². The molecule has 0 bridgehead atoms. The van der Waals surface area contributed by atoms with Gasteiger partial charge in [0.2, 0.25) is 0 Å². The minimum absolute atomic E-state index is 0.250. The fourth-order valence-electron chi connectivity index (χ4n) is 1.75. The third-order valence-corrected chi connectivity index (χ3v) is 2.84. The fourth-order valence-corrected chi connectivity index (χ4v) is 1.75. The van der Waals surface area contributed by atoms with Gasteiger partial charge in [-0.3, -0.25) is 4.79 Å². The number of ether oxygens (including phenoxy) is 1. The first kappa shape index (κ1) is 12.3. The molecular formula is C13H14N2O3. The van der Waals surface area contributed by atoms with Crippen molar-refractivity contribution in [3.8, 4) is 5.75 Å². The maximum atomic E-state index is 8.36. The first-order valence-electron chi connectivity index (χ1n) is 5.78. The smallest absolute Gasteiger partial charge is 0.290 e. The summed E-state index contributed by atoms with van der Waals surface area (Å²) < 4.78 is 5.87. The van der Waals surface area contributed by atoms with E-state index in [4.69, 9.17) is 14.6 Å². The van der Waals surface area contributed by atoms with Crippen LogP contribution in [0, 0.1) is 0 Å². The van der Waals surface area contributed by atoms with Crippen LogP contribution in [0.2, 0.25) is 0 Å². The van der Waals surface area contributed by atoms with Crippen molar-refractivity contribution < 1.29 is 14.6 Å². The summed E-state index contributed by atoms with van der Waals surface area (Å²) in [5.74, 6) is 0.889. The number of carbonyl (C=O) groups is 1. The van der Waals surface area contributed by atoms with Crippen molar-refractivity contribution in [1.82, 2.24) is 9.97 Å². The number of rotatable bonds is 2. The van der Waals surface area contributed by atoms with Gasteiger partial charge in [0.05, 0.1) is 6.10 Å². The summed E-state index contributed by atoms with van der Waals surface area (Å²) in [4.78, 5) is 16.6. The highest BCUT2D eigenvalue weighted by Crippen LogP contribution is 2.29. The number of benzene rings is 1. The molecule has 2 aromatic rings. The molecule has 1 N–H and O–H groups in total. The number of para-hydroxylation sites is 1. The van der Waals surface area contributed by atoms with E-state index in [1.54, 1.807) is 6.33 Å². The lowest BCUT2D eigenvalue weighted by Crippen LogP contribution is -2.24. The van der Waals surface area contributed by atoms with E-state index < -0.39 is 0 Å². The van der Waals surface area contributed by atoms with Gasteiger partial charge in [-0.15, -0.1) is 0 Å². The third kappa shape index (κ3) is 2.74. The number of aromatic nitrogens is 2. The van der Waals surface area contributed by atoms with Crippen molar-refractivity contribution in [2.24, 2.45) is 0 Å². The second-order valence-electron chi connectivity index (χ2n) is 3.99. The Labute approximate surface area is 104 Å². The molecule has 0 spiro atoms. The maximum Gasteiger partial charge on any atom is 0.290 e. The molecule has 5 heteroatoms. The maximum absolute atomic E-state index is 8.36. The zero-order valence-corrected chi connectivity index (χ0v) is 9.82. The molecule has 18 heavy (non-hydrogen) atoms. The molecule has 1 aliphatic carbocycles. The molecular weight excluding hydrogens is 232 g/mol. The van der Waals surface area contributed by atoms with Crippen LogP contribution >= 0.6 is 0 Å². The van der Waals surface area contributed by atoms with Gasteiger partial charge in [0.1, 0.15) is 17.6 Å². The summed E-state index contributed by atoms with van der Waals surface area (Å²) in [6.45, 7) is -0.250. The SMILES string of the molecule is O=CO.c1cc(OC2CCC2)c2ncncc2c1. The second-order valence-corrected chi connectivity index (χ2v) is 3.99. The average Bonchev–Trinajstić information content (AvgIpc) is 2.35. The summed E-state index contributed by atoms with van der Waals surface area (Å²) in [5.41, 5.74) is 0.916. The van der Waals surface area contributed by atoms with E-state index in [0.717, 1.165) is 16.7 Å². The zero-order chi connectivity index (χ0) is 12.8. The normalized spacial score (nSPS) is 14.2. The minimum atomic E-state index is -0.250. The number of nitrogens with zero attached hydrogens (tertiary/aromatic N) is 2. The first-order valence-corrected chi connectivity index (χ1v) is 5.78. The molecule has 1 saturated carbocycles. The number of hydrogen-bond donors (Lipinski definition) is 1. The van der Waals surface area contributed by atoms with Crippen molar-refractivity contribution in [3.05, 3.63) is 30.7 Å². The Balaban J connectivity index is 0.000000367. The first-order chi connectivity index (χ1) is 8.85. The Kier molecular flexibility index (Phi) is 4.06. The Morgan fingerprint density at radius 2 is 2.17 bits per heavy atom. The molecule has 1 aromatic carbocycles. The molecule has 3 rings (SSSR count). The molecule has 0 saturated heterocycles. The van der Waals surface area contributed by atoms with E-state index in [2.05, 4.69) is 9.97 Å². The lowest BCUT2D eigenvalue weighted by atomic mass is 9.96. The standard InChI is InChI=1S/C12H12N2O.CH2O2/c1-3-9-7-13-8-14-12(9)11(6-1)15-10-4-2-5-10;2-1-3/h1,3,6-8,10H,2,4-5H2;1H,(H,2,3). The molecule has 0 radical (unpaired) electrons. The van der Waals surface area contributed by atoms with Gasteiger partial charge in [-0.05, 0) is 25.3 Å². The summed E-state index contributed by atoms with van der Waals surface area (Å²) in [7, 11) is 0. The topological polar surface area (TPSA) is 72.3 Å². The van der Waals surface area contributed by atoms with E-state index in [0.29, 0.717) is 6.10 Å². The van der Waals surface area contributed by atoms with Crippen LogP contribution in [0.4, 0.5) is 0 Å². The molecule has 0 unspecified atom stereocenters. The van der Waals surface area contributed by atoms with Gasteiger partial charge in [0.25, 0.3) is 6.47 Å². The van der Waals surface area contributed by atoms with Gasteiger partial charge in [0.15, 0.2) is 0 Å². The van der Waals surface area contributed by atoms with Gasteiger partial charge in [-0.1, -0.05) is 12.1 Å². The van der Waals surface area contributed by atoms with E-state index in [1.807, 2.05) is 24.4 Å². The third-order valence-electron chi connectivity index (χ3n) is 2.84. The van der Waals surface area contributed by atoms with Crippen LogP contribution in [-0.2, 0) is 4.79 Å². The Hall–Kier alpha value is -2.17. The van der Waals surface area contributed by atoms with Crippen molar-refractivity contribution in [2.75, 3.05) is 0 Å². The highest BCUT2D eigenvalue weighted by molar-refractivity contribution is 5.83. The molecule has 0 aliphatic heterocycles. The molecule has 5 nitrogen and oxygen atoms in total. The summed E-state index contributed by atoms with van der Waals surface area (Å²) >= 11 is 0. The van der Waals surface area contributed by atoms with Crippen molar-refractivity contribution in [3.63, 3.8) is 0 Å². The lowest BCUT2D eigenvalue weighted by Gasteiger charge is -2.26. The van der Waals surface area contributed by atoms with Crippen LogP contribution in [0.5, 0.6) is 5.75 Å². The van der Waals surface area contributed by atoms with Crippen LogP contribution in [0.15, 0.2) is 30.7 Å². The van der Waals surface area contributed by atoms with E-state index in [9.17, 15) is 0 Å². The Bertz CT molecular complexity index is 521. The molecule has 0 atom stereocenters. The van der Waals surface area contributed by atoms with Gasteiger partial charge in [-0.2, -0.15) is 0 Å². The molecule has 1 fully saturated rings. The Morgan fingerprint density at radius 1 is 1.39 bits per heavy atom. The molecule has 1 aliphatic rings. The van der Waals surface area contributed by atoms with Crippen LogP contribution in [0.3, 0.4) is 0 Å². The largest absolute Gasteiger partial charge is 0.488 e. The van der Waals surface area contributed by atoms with E-state index in [1.165, 1.54) is 19.3 Å². The van der Waals surface area contributed by atoms with Crippen LogP contribution < -0.4 is 4.74 Å². The predicted octanol–water partition coefficient (Wildman–Crippen LogP) is 2.26. The van der Waals surface area contributed by atoms with Crippen molar-refractivity contribution in [1.29, 1.82) is 0 Å². The molecule has 0 amide bonds. The quantitative estimate of drug-likeness (QED) is 0.823. The molecule has 1 aromatic heterocycles. The Morgan fingerprint density at radius 3 is 2.83 bits per heavy atom. The van der Waals surface area contributed by atoms with Crippen LogP contribution in [0.1, 0.15) is 19.3 Å². The summed E-state index contributed by atoms with van der Waals surface area (Å²) in [5, 5.41) is 7.93. The number of fused-ring (bicyclic) bond motifs is 1. The number of carboxylic acid groups (broad SMARTS) is 1. The summed E-state index contributed by atoms with van der Waals surface area (Å²) in [6, 6.07) is 5.97.